The van der Waals surface area contributed by atoms with Crippen molar-refractivity contribution in [3.63, 3.8) is 0 Å². The average Bonchev–Trinajstić information content (AvgIpc) is 3.06. The maximum atomic E-state index is 6.22. The molecule has 0 bridgehead atoms. The molecule has 3 N–H and O–H groups in total. The second-order valence-corrected chi connectivity index (χ2v) is 6.57. The molecular formula is C19H24IN7. The van der Waals surface area contributed by atoms with E-state index in [2.05, 4.69) is 60.9 Å². The number of benzene rings is 1. The molecule has 0 unspecified atom stereocenters. The Kier molecular flexibility index (Phi) is 6.15. The summed E-state index contributed by atoms with van der Waals surface area (Å²) in [6.07, 6.45) is 3.54. The third-order valence-electron chi connectivity index (χ3n) is 4.68. The summed E-state index contributed by atoms with van der Waals surface area (Å²) in [4.78, 5) is 20.8. The summed E-state index contributed by atoms with van der Waals surface area (Å²) in [5.41, 5.74) is 9.70. The lowest BCUT2D eigenvalue weighted by Crippen LogP contribution is -2.51. The third kappa shape index (κ3) is 4.49. The minimum Gasteiger partial charge on any atom is -0.370 e. The minimum atomic E-state index is 0. The van der Waals surface area contributed by atoms with Crippen LogP contribution in [0.15, 0.2) is 47.7 Å². The molecule has 0 saturated carbocycles. The van der Waals surface area contributed by atoms with Crippen LogP contribution < -0.4 is 10.6 Å². The number of aromatic amines is 1. The number of nitrogens with zero attached hydrogens (tertiary/aromatic N) is 5. The third-order valence-corrected chi connectivity index (χ3v) is 4.68. The van der Waals surface area contributed by atoms with Gasteiger partial charge in [0.15, 0.2) is 5.96 Å². The molecule has 1 fully saturated rings. The number of anilines is 1. The van der Waals surface area contributed by atoms with Gasteiger partial charge in [-0.2, -0.15) is 0 Å². The first-order valence-corrected chi connectivity index (χ1v) is 8.84. The average molecular weight is 477 g/mol. The molecule has 7 nitrogen and oxygen atoms in total. The predicted octanol–water partition coefficient (Wildman–Crippen LogP) is 2.52. The number of aliphatic imine (C=N–C) groups is 1. The van der Waals surface area contributed by atoms with Crippen molar-refractivity contribution >= 4 is 46.8 Å². The van der Waals surface area contributed by atoms with Crippen molar-refractivity contribution in [1.29, 1.82) is 0 Å². The summed E-state index contributed by atoms with van der Waals surface area (Å²) in [6.45, 7) is 5.99. The van der Waals surface area contributed by atoms with Gasteiger partial charge in [0, 0.05) is 49.8 Å². The topological polar surface area (TPSA) is 86.4 Å². The molecule has 4 rings (SSSR count). The van der Waals surface area contributed by atoms with Crippen molar-refractivity contribution in [2.45, 2.75) is 13.5 Å². The first-order valence-electron chi connectivity index (χ1n) is 8.84. The van der Waals surface area contributed by atoms with Crippen LogP contribution in [-0.2, 0) is 6.54 Å². The van der Waals surface area contributed by atoms with Crippen LogP contribution in [0.25, 0.3) is 10.9 Å². The summed E-state index contributed by atoms with van der Waals surface area (Å²) in [5, 5.41) is 1.21. The lowest BCUT2D eigenvalue weighted by Gasteiger charge is -2.35. The number of hydrogen-bond acceptors (Lipinski definition) is 4. The van der Waals surface area contributed by atoms with E-state index in [1.54, 1.807) is 12.4 Å². The van der Waals surface area contributed by atoms with E-state index >= 15 is 0 Å². The fraction of sp³-hybridized carbons (Fsp3) is 0.316. The summed E-state index contributed by atoms with van der Waals surface area (Å²) < 4.78 is 0. The van der Waals surface area contributed by atoms with Gasteiger partial charge in [0.1, 0.15) is 0 Å². The van der Waals surface area contributed by atoms with E-state index in [9.17, 15) is 0 Å². The van der Waals surface area contributed by atoms with Gasteiger partial charge >= 0.3 is 0 Å². The van der Waals surface area contributed by atoms with Gasteiger partial charge in [-0.3, -0.25) is 0 Å². The molecule has 1 saturated heterocycles. The predicted molar refractivity (Wildman–Crippen MR) is 120 cm³/mol. The quantitative estimate of drug-likeness (QED) is 0.344. The Morgan fingerprint density at radius 1 is 1.15 bits per heavy atom. The number of fused-ring (bicyclic) bond motifs is 1. The van der Waals surface area contributed by atoms with Crippen molar-refractivity contribution in [2.24, 2.45) is 10.7 Å². The second kappa shape index (κ2) is 8.55. The standard InChI is InChI=1S/C19H23N7.HI/c1-14-11-16-12-15(3-4-17(16)24-14)13-23-18(20)25-7-9-26(10-8-25)19-21-5-2-6-22-19;/h2-6,11-12,24H,7-10,13H2,1H3,(H2,20,23);1H. The van der Waals surface area contributed by atoms with Crippen LogP contribution in [0.5, 0.6) is 0 Å². The van der Waals surface area contributed by atoms with Crippen LogP contribution in [0.4, 0.5) is 5.95 Å². The highest BCUT2D eigenvalue weighted by Crippen LogP contribution is 2.17. The number of halogens is 1. The highest BCUT2D eigenvalue weighted by atomic mass is 127. The van der Waals surface area contributed by atoms with E-state index in [1.807, 2.05) is 6.07 Å². The lowest BCUT2D eigenvalue weighted by molar-refractivity contribution is 0.378. The van der Waals surface area contributed by atoms with E-state index < -0.39 is 0 Å². The molecule has 0 radical (unpaired) electrons. The zero-order valence-electron chi connectivity index (χ0n) is 15.3. The molecule has 27 heavy (non-hydrogen) atoms. The lowest BCUT2D eigenvalue weighted by atomic mass is 10.1. The summed E-state index contributed by atoms with van der Waals surface area (Å²) in [5.74, 6) is 1.38. The Labute approximate surface area is 175 Å². The molecule has 0 spiro atoms. The zero-order chi connectivity index (χ0) is 17.9. The molecule has 0 atom stereocenters. The number of nitrogens with one attached hydrogen (secondary N) is 1. The van der Waals surface area contributed by atoms with Crippen LogP contribution in [0.1, 0.15) is 11.3 Å². The van der Waals surface area contributed by atoms with E-state index in [-0.39, 0.29) is 24.0 Å². The fourth-order valence-corrected chi connectivity index (χ4v) is 3.29. The number of nitrogens with two attached hydrogens (primary N) is 1. The molecular weight excluding hydrogens is 453 g/mol. The number of guanidine groups is 1. The minimum absolute atomic E-state index is 0. The number of piperazine rings is 1. The highest BCUT2D eigenvalue weighted by Gasteiger charge is 2.19. The highest BCUT2D eigenvalue weighted by molar-refractivity contribution is 14.0. The molecule has 142 valence electrons. The summed E-state index contributed by atoms with van der Waals surface area (Å²) >= 11 is 0. The molecule has 0 aliphatic carbocycles. The normalized spacial score (nSPS) is 15.1. The molecule has 1 aliphatic heterocycles. The Hall–Kier alpha value is -2.36. The molecule has 3 aromatic rings. The molecule has 1 aromatic carbocycles. The summed E-state index contributed by atoms with van der Waals surface area (Å²) in [7, 11) is 0. The Bertz CT molecular complexity index is 914. The second-order valence-electron chi connectivity index (χ2n) is 6.57. The molecule has 3 heterocycles. The van der Waals surface area contributed by atoms with E-state index in [0.717, 1.165) is 43.2 Å². The Balaban J connectivity index is 0.00000210. The number of rotatable bonds is 3. The first kappa shape index (κ1) is 19.4. The van der Waals surface area contributed by atoms with Crippen molar-refractivity contribution in [2.75, 3.05) is 31.1 Å². The van der Waals surface area contributed by atoms with Crippen molar-refractivity contribution in [1.82, 2.24) is 19.9 Å². The molecule has 1 aliphatic rings. The van der Waals surface area contributed by atoms with Crippen LogP contribution in [0, 0.1) is 6.92 Å². The zero-order valence-corrected chi connectivity index (χ0v) is 17.6. The summed E-state index contributed by atoms with van der Waals surface area (Å²) in [6, 6.07) is 10.3. The molecule has 0 amide bonds. The van der Waals surface area contributed by atoms with Gasteiger partial charge in [0.05, 0.1) is 6.54 Å². The maximum Gasteiger partial charge on any atom is 0.225 e. The van der Waals surface area contributed by atoms with Gasteiger partial charge in [0.25, 0.3) is 0 Å². The maximum absolute atomic E-state index is 6.22. The number of aromatic nitrogens is 3. The smallest absolute Gasteiger partial charge is 0.225 e. The monoisotopic (exact) mass is 477 g/mol. The van der Waals surface area contributed by atoms with Crippen LogP contribution >= 0.6 is 24.0 Å². The van der Waals surface area contributed by atoms with Crippen LogP contribution in [0.2, 0.25) is 0 Å². The van der Waals surface area contributed by atoms with Crippen LogP contribution in [0.3, 0.4) is 0 Å². The van der Waals surface area contributed by atoms with Crippen molar-refractivity contribution < 1.29 is 0 Å². The molecule has 8 heteroatoms. The van der Waals surface area contributed by atoms with Crippen molar-refractivity contribution in [3.05, 3.63) is 54.0 Å². The SMILES string of the molecule is Cc1cc2cc(CN=C(N)N3CCN(c4ncccn4)CC3)ccc2[nH]1.I. The number of H-pyrrole nitrogens is 1. The Morgan fingerprint density at radius 2 is 1.89 bits per heavy atom. The largest absolute Gasteiger partial charge is 0.370 e. The van der Waals surface area contributed by atoms with Gasteiger partial charge in [-0.15, -0.1) is 24.0 Å². The van der Waals surface area contributed by atoms with Gasteiger partial charge in [0.2, 0.25) is 5.95 Å². The van der Waals surface area contributed by atoms with Gasteiger partial charge in [-0.1, -0.05) is 6.07 Å². The number of hydrogen-bond donors (Lipinski definition) is 2. The molecule has 2 aromatic heterocycles. The van der Waals surface area contributed by atoms with E-state index in [0.29, 0.717) is 12.5 Å². The number of aryl methyl sites for hydroxylation is 1. The van der Waals surface area contributed by atoms with Crippen molar-refractivity contribution in [3.8, 4) is 0 Å². The van der Waals surface area contributed by atoms with Gasteiger partial charge in [-0.25, -0.2) is 15.0 Å². The van der Waals surface area contributed by atoms with Gasteiger partial charge < -0.3 is 20.5 Å². The van der Waals surface area contributed by atoms with Gasteiger partial charge in [-0.05, 0) is 42.1 Å². The first-order chi connectivity index (χ1) is 12.7. The van der Waals surface area contributed by atoms with E-state index in [4.69, 9.17) is 5.73 Å². The Morgan fingerprint density at radius 3 is 2.63 bits per heavy atom. The fourth-order valence-electron chi connectivity index (χ4n) is 3.29. The van der Waals surface area contributed by atoms with Crippen LogP contribution in [-0.4, -0.2) is 52.0 Å². The van der Waals surface area contributed by atoms with E-state index in [1.165, 1.54) is 11.1 Å².